The van der Waals surface area contributed by atoms with Crippen molar-refractivity contribution in [1.29, 1.82) is 0 Å². The fourth-order valence-corrected chi connectivity index (χ4v) is 4.39. The van der Waals surface area contributed by atoms with Crippen molar-refractivity contribution < 1.29 is 9.21 Å². The van der Waals surface area contributed by atoms with Crippen LogP contribution in [-0.2, 0) is 11.6 Å². The Labute approximate surface area is 189 Å². The standard InChI is InChI=1S/C21H25N7O2P2/c1-11(31)15-6-4-5-12-9-14(26-28(12)15)17-16-13(22-10-23-16)7-8-27(17)19(29)18-24-25-20(30-18)21(2,3)32/h4-6,9-11,17H,7-8,31-32H2,1-3H3,(H,22,23)/t11?,17-/m0/s1. The van der Waals surface area contributed by atoms with E-state index in [9.17, 15) is 4.79 Å². The molecule has 0 spiro atoms. The summed E-state index contributed by atoms with van der Waals surface area (Å²) in [7, 11) is 5.45. The fraction of sp³-hybridized carbons (Fsp3) is 0.381. The monoisotopic (exact) mass is 469 g/mol. The number of nitrogens with zero attached hydrogens (tertiary/aromatic N) is 6. The van der Waals surface area contributed by atoms with E-state index in [1.807, 2.05) is 36.6 Å². The number of fused-ring (bicyclic) bond motifs is 2. The van der Waals surface area contributed by atoms with Gasteiger partial charge in [-0.05, 0) is 32.0 Å². The van der Waals surface area contributed by atoms with Gasteiger partial charge in [-0.1, -0.05) is 13.0 Å². The number of nitrogens with one attached hydrogen (secondary N) is 1. The molecule has 3 unspecified atom stereocenters. The SMILES string of the molecule is CC(P)c1cccc2cc([C@H]3c4nc[nH]c4CCN3C(=O)c3nnc(C(C)(C)P)o3)nn12. The lowest BCUT2D eigenvalue weighted by atomic mass is 9.99. The number of H-pyrrole nitrogens is 1. The molecule has 4 aromatic heterocycles. The number of hydrogen-bond acceptors (Lipinski definition) is 6. The lowest BCUT2D eigenvalue weighted by Gasteiger charge is -2.32. The van der Waals surface area contributed by atoms with Gasteiger partial charge in [0.1, 0.15) is 6.04 Å². The zero-order valence-electron chi connectivity index (χ0n) is 18.1. The molecule has 11 heteroatoms. The number of carbonyl (C=O) groups excluding carboxylic acids is 1. The number of imidazole rings is 1. The topological polar surface area (TPSA) is 105 Å². The van der Waals surface area contributed by atoms with Crippen molar-refractivity contribution in [1.82, 2.24) is 34.7 Å². The Hall–Kier alpha value is -2.63. The highest BCUT2D eigenvalue weighted by atomic mass is 31.0. The Morgan fingerprint density at radius 1 is 1.34 bits per heavy atom. The first-order chi connectivity index (χ1) is 15.2. The van der Waals surface area contributed by atoms with Gasteiger partial charge in [0.2, 0.25) is 5.89 Å². The third kappa shape index (κ3) is 3.54. The van der Waals surface area contributed by atoms with Crippen LogP contribution in [-0.4, -0.2) is 47.1 Å². The maximum Gasteiger partial charge on any atom is 0.312 e. The van der Waals surface area contributed by atoms with Crippen molar-refractivity contribution >= 4 is 29.9 Å². The van der Waals surface area contributed by atoms with Crippen LogP contribution in [0.1, 0.15) is 71.8 Å². The van der Waals surface area contributed by atoms with Gasteiger partial charge in [-0.25, -0.2) is 9.50 Å². The van der Waals surface area contributed by atoms with E-state index in [1.165, 1.54) is 0 Å². The van der Waals surface area contributed by atoms with Crippen LogP contribution in [0.15, 0.2) is 35.0 Å². The summed E-state index contributed by atoms with van der Waals surface area (Å²) in [6, 6.07) is 7.64. The zero-order valence-corrected chi connectivity index (χ0v) is 20.4. The molecule has 1 amide bonds. The number of pyridine rings is 1. The molecule has 9 nitrogen and oxygen atoms in total. The normalized spacial score (nSPS) is 17.5. The smallest absolute Gasteiger partial charge is 0.312 e. The molecule has 0 fully saturated rings. The van der Waals surface area contributed by atoms with Crippen molar-refractivity contribution in [2.45, 2.75) is 44.0 Å². The van der Waals surface area contributed by atoms with Crippen molar-refractivity contribution in [2.75, 3.05) is 6.54 Å². The maximum absolute atomic E-state index is 13.5. The number of amides is 1. The summed E-state index contributed by atoms with van der Waals surface area (Å²) in [6.45, 7) is 6.45. The molecule has 0 saturated heterocycles. The number of carbonyl (C=O) groups is 1. The minimum Gasteiger partial charge on any atom is -0.416 e. The van der Waals surface area contributed by atoms with Crippen LogP contribution in [0, 0.1) is 0 Å². The summed E-state index contributed by atoms with van der Waals surface area (Å²) in [5, 5.41) is 12.6. The van der Waals surface area contributed by atoms with E-state index in [-0.39, 0.29) is 17.5 Å². The number of aromatic nitrogens is 6. The van der Waals surface area contributed by atoms with Gasteiger partial charge in [0.05, 0.1) is 28.4 Å². The largest absolute Gasteiger partial charge is 0.416 e. The molecule has 4 aromatic rings. The molecule has 5 rings (SSSR count). The predicted octanol–water partition coefficient (Wildman–Crippen LogP) is 3.27. The molecule has 0 aromatic carbocycles. The Balaban J connectivity index is 1.60. The van der Waals surface area contributed by atoms with Gasteiger partial charge in [0.25, 0.3) is 0 Å². The number of hydrogen-bond donors (Lipinski definition) is 1. The van der Waals surface area contributed by atoms with Crippen molar-refractivity contribution in [3.05, 3.63) is 65.1 Å². The lowest BCUT2D eigenvalue weighted by molar-refractivity contribution is 0.0643. The van der Waals surface area contributed by atoms with Crippen LogP contribution in [0.4, 0.5) is 0 Å². The molecular weight excluding hydrogens is 444 g/mol. The van der Waals surface area contributed by atoms with Gasteiger partial charge in [-0.2, -0.15) is 5.10 Å². The molecule has 1 aliphatic rings. The average Bonchev–Trinajstić information content (AvgIpc) is 3.50. The first-order valence-corrected chi connectivity index (χ1v) is 11.7. The average molecular weight is 469 g/mol. The molecule has 4 atom stereocenters. The van der Waals surface area contributed by atoms with E-state index >= 15 is 0 Å². The maximum atomic E-state index is 13.5. The predicted molar refractivity (Wildman–Crippen MR) is 126 cm³/mol. The minimum atomic E-state index is -0.454. The second-order valence-corrected chi connectivity index (χ2v) is 11.1. The quantitative estimate of drug-likeness (QED) is 0.460. The van der Waals surface area contributed by atoms with Crippen LogP contribution >= 0.6 is 18.5 Å². The third-order valence-corrected chi connectivity index (χ3v) is 6.21. The summed E-state index contributed by atoms with van der Waals surface area (Å²) >= 11 is 0. The Bertz CT molecular complexity index is 1300. The highest BCUT2D eigenvalue weighted by Gasteiger charge is 2.38. The van der Waals surface area contributed by atoms with Gasteiger partial charge < -0.3 is 14.3 Å². The zero-order chi connectivity index (χ0) is 22.6. The van der Waals surface area contributed by atoms with Crippen molar-refractivity contribution in [2.24, 2.45) is 0 Å². The van der Waals surface area contributed by atoms with Crippen molar-refractivity contribution in [3.8, 4) is 0 Å². The summed E-state index contributed by atoms with van der Waals surface area (Å²) in [6.07, 6.45) is 2.33. The molecule has 1 N–H and O–H groups in total. The van der Waals surface area contributed by atoms with Gasteiger partial charge >= 0.3 is 11.8 Å². The summed E-state index contributed by atoms with van der Waals surface area (Å²) in [4.78, 5) is 23.0. The molecule has 166 valence electrons. The lowest BCUT2D eigenvalue weighted by Crippen LogP contribution is -2.41. The molecule has 0 radical (unpaired) electrons. The number of rotatable bonds is 4. The van der Waals surface area contributed by atoms with E-state index in [0.29, 0.717) is 18.9 Å². The third-order valence-electron chi connectivity index (χ3n) is 5.63. The second-order valence-electron chi connectivity index (χ2n) is 8.70. The van der Waals surface area contributed by atoms with Crippen molar-refractivity contribution in [3.63, 3.8) is 0 Å². The summed E-state index contributed by atoms with van der Waals surface area (Å²) in [5.41, 5.74) is 4.80. The van der Waals surface area contributed by atoms with Crippen LogP contribution < -0.4 is 0 Å². The van der Waals surface area contributed by atoms with Crippen LogP contribution in [0.25, 0.3) is 5.52 Å². The Kier molecular flexibility index (Phi) is 5.14. The van der Waals surface area contributed by atoms with Gasteiger partial charge in [0.15, 0.2) is 0 Å². The molecule has 1 aliphatic heterocycles. The van der Waals surface area contributed by atoms with E-state index in [2.05, 4.69) is 51.6 Å². The Morgan fingerprint density at radius 2 is 2.16 bits per heavy atom. The molecule has 32 heavy (non-hydrogen) atoms. The summed E-state index contributed by atoms with van der Waals surface area (Å²) < 4.78 is 7.66. The van der Waals surface area contributed by atoms with Gasteiger partial charge in [-0.15, -0.1) is 28.7 Å². The molecule has 0 bridgehead atoms. The Morgan fingerprint density at radius 3 is 2.88 bits per heavy atom. The van der Waals surface area contributed by atoms with E-state index < -0.39 is 11.2 Å². The first kappa shape index (κ1) is 21.2. The minimum absolute atomic E-state index is 0.0254. The van der Waals surface area contributed by atoms with Crippen LogP contribution in [0.3, 0.4) is 0 Å². The summed E-state index contributed by atoms with van der Waals surface area (Å²) in [5.74, 6) is 0.0440. The number of aromatic amines is 1. The highest BCUT2D eigenvalue weighted by molar-refractivity contribution is 7.18. The van der Waals surface area contributed by atoms with Gasteiger partial charge in [-0.3, -0.25) is 4.79 Å². The molecular formula is C21H25N7O2P2. The second kappa shape index (κ2) is 7.75. The molecule has 0 aliphatic carbocycles. The van der Waals surface area contributed by atoms with Crippen LogP contribution in [0.2, 0.25) is 0 Å². The molecule has 5 heterocycles. The van der Waals surface area contributed by atoms with E-state index in [4.69, 9.17) is 9.52 Å². The fourth-order valence-electron chi connectivity index (χ4n) is 4.02. The highest BCUT2D eigenvalue weighted by Crippen LogP contribution is 2.35. The van der Waals surface area contributed by atoms with Crippen LogP contribution in [0.5, 0.6) is 0 Å². The van der Waals surface area contributed by atoms with E-state index in [0.717, 1.165) is 28.3 Å². The van der Waals surface area contributed by atoms with E-state index in [1.54, 1.807) is 11.2 Å². The van der Waals surface area contributed by atoms with Gasteiger partial charge in [0, 0.05) is 30.0 Å². The molecule has 0 saturated carbocycles. The first-order valence-electron chi connectivity index (χ1n) is 10.4.